The lowest BCUT2D eigenvalue weighted by Crippen LogP contribution is -2.36. The number of anilines is 1. The molecule has 2 aliphatic heterocycles. The second-order valence-corrected chi connectivity index (χ2v) is 12.8. The zero-order valence-electron chi connectivity index (χ0n) is 28.7. The highest BCUT2D eigenvalue weighted by Gasteiger charge is 2.34. The van der Waals surface area contributed by atoms with Crippen LogP contribution in [-0.2, 0) is 21.5 Å². The average Bonchev–Trinajstić information content (AvgIpc) is 3.34. The van der Waals surface area contributed by atoms with Crippen LogP contribution >= 0.6 is 17.0 Å². The number of nitrogens with one attached hydrogen (secondary N) is 2. The molecule has 2 aromatic carbocycles. The fourth-order valence-corrected chi connectivity index (χ4v) is 5.91. The van der Waals surface area contributed by atoms with E-state index in [0.29, 0.717) is 50.3 Å². The standard InChI is InChI=1S/C35H47FN4O7.BrH/c1-7-45-29(43)10-9-15-47-32-26(35(3,4)5)16-21(17-27(32)39-13-11-22(41)12-14-39)28(42)20-40-19-25-23(33(40)37)18-24(34(44)38-6)31(30(25)36)46-8-2;/h16-18,22,37,41H,7-15,19-20H2,1-6H3,(H,38,44);1H. The number of carbonyl (C=O) groups is 3. The van der Waals surface area contributed by atoms with E-state index in [1.807, 2.05) is 26.8 Å². The first-order valence-electron chi connectivity index (χ1n) is 16.3. The van der Waals surface area contributed by atoms with Crippen molar-refractivity contribution >= 4 is 46.2 Å². The molecule has 48 heavy (non-hydrogen) atoms. The van der Waals surface area contributed by atoms with Crippen molar-refractivity contribution < 1.29 is 38.1 Å². The molecule has 0 aromatic heterocycles. The fraction of sp³-hybridized carbons (Fsp3) is 0.543. The van der Waals surface area contributed by atoms with Crippen molar-refractivity contribution in [2.75, 3.05) is 51.4 Å². The van der Waals surface area contributed by atoms with Crippen molar-refractivity contribution in [3.05, 3.63) is 51.8 Å². The number of nitrogens with zero attached hydrogens (tertiary/aromatic N) is 2. The summed E-state index contributed by atoms with van der Waals surface area (Å²) in [5.74, 6) is -1.39. The molecular weight excluding hydrogens is 687 g/mol. The number of aliphatic hydroxyl groups excluding tert-OH is 1. The predicted molar refractivity (Wildman–Crippen MR) is 187 cm³/mol. The SMILES string of the molecule is Br.CCOC(=O)CCCOc1c(N2CCC(O)CC2)cc(C(=O)CN2Cc3c(cc(C(=O)NC)c(OCC)c3F)C2=N)cc1C(C)(C)C. The molecule has 0 bridgehead atoms. The van der Waals surface area contributed by atoms with Crippen LogP contribution in [0.1, 0.15) is 97.7 Å². The van der Waals surface area contributed by atoms with Crippen molar-refractivity contribution in [1.82, 2.24) is 10.2 Å². The lowest BCUT2D eigenvalue weighted by Gasteiger charge is -2.35. The molecule has 0 aliphatic carbocycles. The molecule has 1 fully saturated rings. The highest BCUT2D eigenvalue weighted by Crippen LogP contribution is 2.42. The summed E-state index contributed by atoms with van der Waals surface area (Å²) in [7, 11) is 1.44. The first-order chi connectivity index (χ1) is 22.3. The molecule has 13 heteroatoms. The number of piperidine rings is 1. The topological polar surface area (TPSA) is 141 Å². The Hall–Kier alpha value is -3.71. The molecule has 0 unspecified atom stereocenters. The van der Waals surface area contributed by atoms with Crippen LogP contribution in [0.3, 0.4) is 0 Å². The monoisotopic (exact) mass is 734 g/mol. The third-order valence-corrected chi connectivity index (χ3v) is 8.42. The second kappa shape index (κ2) is 16.6. The largest absolute Gasteiger partial charge is 0.491 e. The number of fused-ring (bicyclic) bond motifs is 1. The Labute approximate surface area is 292 Å². The smallest absolute Gasteiger partial charge is 0.305 e. The summed E-state index contributed by atoms with van der Waals surface area (Å²) in [5, 5.41) is 21.5. The molecule has 1 amide bonds. The van der Waals surface area contributed by atoms with E-state index in [4.69, 9.17) is 19.6 Å². The number of Topliss-reactive ketones (excluding diaryl/α,β-unsaturated/α-hetero) is 1. The molecule has 0 radical (unpaired) electrons. The lowest BCUT2D eigenvalue weighted by atomic mass is 9.84. The van der Waals surface area contributed by atoms with E-state index >= 15 is 4.39 Å². The number of ether oxygens (including phenoxy) is 3. The summed E-state index contributed by atoms with van der Waals surface area (Å²) in [4.78, 5) is 42.0. The number of benzene rings is 2. The molecule has 2 aliphatic rings. The second-order valence-electron chi connectivity index (χ2n) is 12.8. The molecular formula is C35H48BrFN4O7. The highest BCUT2D eigenvalue weighted by atomic mass is 79.9. The third kappa shape index (κ3) is 8.65. The van der Waals surface area contributed by atoms with Gasteiger partial charge >= 0.3 is 5.97 Å². The van der Waals surface area contributed by atoms with Crippen LogP contribution in [0.4, 0.5) is 10.1 Å². The Balaban J connectivity index is 0.00000625. The zero-order valence-corrected chi connectivity index (χ0v) is 30.4. The van der Waals surface area contributed by atoms with Gasteiger partial charge in [-0.25, -0.2) is 4.39 Å². The van der Waals surface area contributed by atoms with Crippen LogP contribution in [0, 0.1) is 11.2 Å². The molecule has 264 valence electrons. The van der Waals surface area contributed by atoms with Gasteiger partial charge in [-0.2, -0.15) is 0 Å². The van der Waals surface area contributed by atoms with E-state index in [1.54, 1.807) is 19.9 Å². The van der Waals surface area contributed by atoms with Gasteiger partial charge in [0, 0.05) is 55.4 Å². The maximum absolute atomic E-state index is 15.7. The Morgan fingerprint density at radius 1 is 1.06 bits per heavy atom. The van der Waals surface area contributed by atoms with E-state index in [2.05, 4.69) is 10.2 Å². The average molecular weight is 736 g/mol. The van der Waals surface area contributed by atoms with Crippen molar-refractivity contribution in [1.29, 1.82) is 5.41 Å². The van der Waals surface area contributed by atoms with Crippen LogP contribution in [0.25, 0.3) is 0 Å². The van der Waals surface area contributed by atoms with Crippen molar-refractivity contribution in [2.45, 2.75) is 78.4 Å². The van der Waals surface area contributed by atoms with Crippen molar-refractivity contribution in [3.8, 4) is 11.5 Å². The number of hydrogen-bond donors (Lipinski definition) is 3. The molecule has 11 nitrogen and oxygen atoms in total. The van der Waals surface area contributed by atoms with E-state index in [0.717, 1.165) is 11.3 Å². The number of hydrogen-bond acceptors (Lipinski definition) is 9. The van der Waals surface area contributed by atoms with Gasteiger partial charge in [-0.05, 0) is 56.7 Å². The van der Waals surface area contributed by atoms with Gasteiger partial charge in [-0.1, -0.05) is 20.8 Å². The summed E-state index contributed by atoms with van der Waals surface area (Å²) in [6, 6.07) is 5.06. The molecule has 2 heterocycles. The van der Waals surface area contributed by atoms with Crippen LogP contribution in [0.5, 0.6) is 11.5 Å². The van der Waals surface area contributed by atoms with Gasteiger partial charge < -0.3 is 34.4 Å². The summed E-state index contributed by atoms with van der Waals surface area (Å²) in [6.45, 7) is 11.2. The number of aliphatic hydroxyl groups is 1. The molecule has 4 rings (SSSR count). The summed E-state index contributed by atoms with van der Waals surface area (Å²) < 4.78 is 32.6. The summed E-state index contributed by atoms with van der Waals surface area (Å²) in [6.07, 6.45) is 1.43. The Kier molecular flexibility index (Phi) is 13.4. The zero-order chi connectivity index (χ0) is 34.5. The van der Waals surface area contributed by atoms with Crippen LogP contribution in [0.15, 0.2) is 18.2 Å². The molecule has 2 aromatic rings. The first-order valence-corrected chi connectivity index (χ1v) is 16.3. The maximum Gasteiger partial charge on any atom is 0.305 e. The van der Waals surface area contributed by atoms with Gasteiger partial charge in [-0.3, -0.25) is 19.8 Å². The predicted octanol–water partition coefficient (Wildman–Crippen LogP) is 5.17. The minimum Gasteiger partial charge on any atom is -0.491 e. The number of halogens is 2. The fourth-order valence-electron chi connectivity index (χ4n) is 5.91. The summed E-state index contributed by atoms with van der Waals surface area (Å²) >= 11 is 0. The van der Waals surface area contributed by atoms with Crippen LogP contribution in [0.2, 0.25) is 0 Å². The quantitative estimate of drug-likeness (QED) is 0.145. The van der Waals surface area contributed by atoms with Gasteiger partial charge in [0.25, 0.3) is 5.91 Å². The maximum atomic E-state index is 15.7. The van der Waals surface area contributed by atoms with Gasteiger partial charge in [0.2, 0.25) is 0 Å². The first kappa shape index (κ1) is 38.7. The van der Waals surface area contributed by atoms with Crippen molar-refractivity contribution in [3.63, 3.8) is 0 Å². The van der Waals surface area contributed by atoms with Gasteiger partial charge in [0.05, 0.1) is 43.7 Å². The minimum atomic E-state index is -0.711. The number of amides is 1. The van der Waals surface area contributed by atoms with E-state index < -0.39 is 23.2 Å². The van der Waals surface area contributed by atoms with Crippen LogP contribution < -0.4 is 19.7 Å². The number of carbonyl (C=O) groups excluding carboxylic acids is 3. The number of esters is 1. The lowest BCUT2D eigenvalue weighted by molar-refractivity contribution is -0.143. The molecule has 0 spiro atoms. The van der Waals surface area contributed by atoms with E-state index in [9.17, 15) is 19.5 Å². The van der Waals surface area contributed by atoms with Crippen LogP contribution in [-0.4, -0.2) is 86.1 Å². The Morgan fingerprint density at radius 2 is 1.75 bits per heavy atom. The minimum absolute atomic E-state index is 0. The van der Waals surface area contributed by atoms with Crippen molar-refractivity contribution in [2.24, 2.45) is 0 Å². The number of rotatable bonds is 13. The number of ketones is 1. The molecule has 3 N–H and O–H groups in total. The normalized spacial score (nSPS) is 14.7. The van der Waals surface area contributed by atoms with E-state index in [-0.39, 0.29) is 89.7 Å². The molecule has 1 saturated heterocycles. The third-order valence-electron chi connectivity index (χ3n) is 8.42. The Morgan fingerprint density at radius 3 is 2.35 bits per heavy atom. The van der Waals surface area contributed by atoms with E-state index in [1.165, 1.54) is 18.0 Å². The van der Waals surface area contributed by atoms with Gasteiger partial charge in [0.1, 0.15) is 11.6 Å². The molecule has 0 saturated carbocycles. The summed E-state index contributed by atoms with van der Waals surface area (Å²) in [5.41, 5.74) is 1.96. The Bertz CT molecular complexity index is 1520. The number of amidine groups is 1. The highest BCUT2D eigenvalue weighted by molar-refractivity contribution is 8.93. The van der Waals surface area contributed by atoms with Gasteiger partial charge in [0.15, 0.2) is 17.3 Å². The molecule has 0 atom stereocenters. The van der Waals surface area contributed by atoms with Gasteiger partial charge in [-0.15, -0.1) is 17.0 Å².